The van der Waals surface area contributed by atoms with E-state index >= 15 is 0 Å². The summed E-state index contributed by atoms with van der Waals surface area (Å²) >= 11 is 0. The molecule has 0 fully saturated rings. The van der Waals surface area contributed by atoms with Gasteiger partial charge in [-0.25, -0.2) is 4.68 Å². The number of hydrogen-bond acceptors (Lipinski definition) is 4. The molecule has 0 atom stereocenters. The van der Waals surface area contributed by atoms with Gasteiger partial charge in [-0.05, 0) is 0 Å². The molecule has 1 heterocycles. The van der Waals surface area contributed by atoms with Crippen LogP contribution in [0.25, 0.3) is 0 Å². The first kappa shape index (κ1) is 8.70. The Morgan fingerprint density at radius 3 is 2.25 bits per heavy atom. The van der Waals surface area contributed by atoms with E-state index in [0.717, 1.165) is 17.3 Å². The Balaban J connectivity index is 3.16. The molecule has 3 N–H and O–H groups in total. The van der Waals surface area contributed by atoms with Crippen LogP contribution in [-0.4, -0.2) is 30.9 Å². The fourth-order valence-electron chi connectivity index (χ4n) is 1.13. The molecule has 0 aliphatic heterocycles. The van der Waals surface area contributed by atoms with Gasteiger partial charge in [0.15, 0.2) is 5.82 Å². The molecule has 0 saturated heterocycles. The summed E-state index contributed by atoms with van der Waals surface area (Å²) in [6.45, 7) is 0. The highest BCUT2D eigenvalue weighted by Crippen LogP contribution is 2.28. The average molecular weight is 168 g/mol. The summed E-state index contributed by atoms with van der Waals surface area (Å²) in [4.78, 5) is 0. The third-order valence-electron chi connectivity index (χ3n) is 1.68. The van der Waals surface area contributed by atoms with E-state index in [-0.39, 0.29) is 0 Å². The summed E-state index contributed by atoms with van der Waals surface area (Å²) in [5.41, 5.74) is 0.926. The molecule has 0 aliphatic carbocycles. The smallest absolute Gasteiger partial charge is 0.173 e. The number of nitrogens with one attached hydrogen (secondary N) is 3. The molecule has 5 heteroatoms. The first-order valence-corrected chi connectivity index (χ1v) is 3.71. The van der Waals surface area contributed by atoms with Crippen molar-refractivity contribution in [1.29, 1.82) is 0 Å². The van der Waals surface area contributed by atoms with Crippen LogP contribution < -0.4 is 16.0 Å². The minimum atomic E-state index is 0.789. The van der Waals surface area contributed by atoms with Gasteiger partial charge in [-0.2, -0.15) is 5.10 Å². The summed E-state index contributed by atoms with van der Waals surface area (Å²) in [7, 11) is 9.23. The number of nitrogens with zero attached hydrogens (tertiary/aromatic N) is 2. The maximum absolute atomic E-state index is 4.14. The number of hydrogen-bond donors (Lipinski definition) is 3. The molecular formula is C7H14N5. The standard InChI is InChI=1S/C7H14N5/c1-8-5-6(9-2)11-12(4)7(5)10-3/h8,10H,4H2,1-3H3,(H,9,11). The number of anilines is 3. The molecule has 0 saturated carbocycles. The molecule has 0 unspecified atom stereocenters. The normalized spacial score (nSPS) is 9.67. The summed E-state index contributed by atoms with van der Waals surface area (Å²) in [5, 5.41) is 13.2. The maximum atomic E-state index is 4.14. The van der Waals surface area contributed by atoms with Crippen molar-refractivity contribution in [2.75, 3.05) is 37.1 Å². The molecule has 5 nitrogen and oxygen atoms in total. The minimum Gasteiger partial charge on any atom is -0.382 e. The van der Waals surface area contributed by atoms with Gasteiger partial charge in [-0.15, -0.1) is 0 Å². The SMILES string of the molecule is [CH2]n1nc(NC)c(NC)c1NC. The van der Waals surface area contributed by atoms with E-state index in [1.54, 1.807) is 0 Å². The van der Waals surface area contributed by atoms with Gasteiger partial charge in [0, 0.05) is 21.1 Å². The first-order chi connectivity index (χ1) is 5.74. The lowest BCUT2D eigenvalue weighted by Gasteiger charge is -2.03. The zero-order valence-corrected chi connectivity index (χ0v) is 7.60. The summed E-state index contributed by atoms with van der Waals surface area (Å²) in [6.07, 6.45) is 0. The monoisotopic (exact) mass is 168 g/mol. The summed E-state index contributed by atoms with van der Waals surface area (Å²) in [5.74, 6) is 1.65. The Kier molecular flexibility index (Phi) is 2.42. The molecule has 12 heavy (non-hydrogen) atoms. The van der Waals surface area contributed by atoms with Crippen LogP contribution in [-0.2, 0) is 0 Å². The summed E-state index contributed by atoms with van der Waals surface area (Å²) < 4.78 is 1.54. The highest BCUT2D eigenvalue weighted by molar-refractivity contribution is 5.77. The van der Waals surface area contributed by atoms with Crippen molar-refractivity contribution < 1.29 is 0 Å². The van der Waals surface area contributed by atoms with Crippen molar-refractivity contribution in [2.45, 2.75) is 0 Å². The third kappa shape index (κ3) is 1.17. The molecule has 1 radical (unpaired) electrons. The van der Waals surface area contributed by atoms with Crippen molar-refractivity contribution in [3.05, 3.63) is 7.05 Å². The Hall–Kier alpha value is -1.39. The van der Waals surface area contributed by atoms with Crippen LogP contribution >= 0.6 is 0 Å². The Labute approximate surface area is 72.1 Å². The fraction of sp³-hybridized carbons (Fsp3) is 0.429. The van der Waals surface area contributed by atoms with Gasteiger partial charge in [0.2, 0.25) is 0 Å². The Morgan fingerprint density at radius 2 is 1.83 bits per heavy atom. The van der Waals surface area contributed by atoms with E-state index in [0.29, 0.717) is 0 Å². The molecule has 0 bridgehead atoms. The largest absolute Gasteiger partial charge is 0.382 e. The highest BCUT2D eigenvalue weighted by Gasteiger charge is 2.11. The lowest BCUT2D eigenvalue weighted by Crippen LogP contribution is -1.99. The topological polar surface area (TPSA) is 53.9 Å². The van der Waals surface area contributed by atoms with Crippen molar-refractivity contribution in [2.24, 2.45) is 0 Å². The Bertz CT molecular complexity index is 265. The molecule has 0 spiro atoms. The molecule has 0 aromatic carbocycles. The molecular weight excluding hydrogens is 154 g/mol. The van der Waals surface area contributed by atoms with Crippen molar-refractivity contribution >= 4 is 17.3 Å². The fourth-order valence-corrected chi connectivity index (χ4v) is 1.13. The molecule has 1 rings (SSSR count). The quantitative estimate of drug-likeness (QED) is 0.620. The second-order valence-corrected chi connectivity index (χ2v) is 2.32. The van der Waals surface area contributed by atoms with E-state index < -0.39 is 0 Å². The second kappa shape index (κ2) is 3.34. The predicted molar refractivity (Wildman–Crippen MR) is 51.6 cm³/mol. The minimum absolute atomic E-state index is 0.789. The molecule has 1 aromatic heterocycles. The first-order valence-electron chi connectivity index (χ1n) is 3.71. The van der Waals surface area contributed by atoms with E-state index in [2.05, 4.69) is 28.1 Å². The van der Waals surface area contributed by atoms with E-state index in [9.17, 15) is 0 Å². The third-order valence-corrected chi connectivity index (χ3v) is 1.68. The molecule has 67 valence electrons. The van der Waals surface area contributed by atoms with Crippen LogP contribution in [0.2, 0.25) is 0 Å². The zero-order chi connectivity index (χ0) is 9.14. The number of rotatable bonds is 3. The van der Waals surface area contributed by atoms with Gasteiger partial charge in [0.1, 0.15) is 11.5 Å². The van der Waals surface area contributed by atoms with E-state index in [4.69, 9.17) is 0 Å². The second-order valence-electron chi connectivity index (χ2n) is 2.32. The van der Waals surface area contributed by atoms with Crippen molar-refractivity contribution in [1.82, 2.24) is 9.78 Å². The number of aromatic nitrogens is 2. The molecule has 0 amide bonds. The van der Waals surface area contributed by atoms with Crippen molar-refractivity contribution in [3.63, 3.8) is 0 Å². The van der Waals surface area contributed by atoms with Gasteiger partial charge in [-0.3, -0.25) is 0 Å². The van der Waals surface area contributed by atoms with Crippen LogP contribution in [0, 0.1) is 7.05 Å². The predicted octanol–water partition coefficient (Wildman–Crippen LogP) is 0.648. The van der Waals surface area contributed by atoms with Gasteiger partial charge >= 0.3 is 0 Å². The van der Waals surface area contributed by atoms with Crippen LogP contribution in [0.3, 0.4) is 0 Å². The van der Waals surface area contributed by atoms with Gasteiger partial charge in [0.05, 0.1) is 7.05 Å². The lowest BCUT2D eigenvalue weighted by atomic mass is 10.4. The van der Waals surface area contributed by atoms with Crippen LogP contribution in [0.5, 0.6) is 0 Å². The van der Waals surface area contributed by atoms with Crippen molar-refractivity contribution in [3.8, 4) is 0 Å². The highest BCUT2D eigenvalue weighted by atomic mass is 15.4. The van der Waals surface area contributed by atoms with E-state index in [1.165, 1.54) is 4.68 Å². The lowest BCUT2D eigenvalue weighted by molar-refractivity contribution is 0.885. The van der Waals surface area contributed by atoms with E-state index in [1.807, 2.05) is 21.1 Å². The molecule has 1 aromatic rings. The van der Waals surface area contributed by atoms with Gasteiger partial charge in [0.25, 0.3) is 0 Å². The van der Waals surface area contributed by atoms with Crippen LogP contribution in [0.4, 0.5) is 17.3 Å². The zero-order valence-electron chi connectivity index (χ0n) is 7.60. The van der Waals surface area contributed by atoms with Gasteiger partial charge < -0.3 is 16.0 Å². The Morgan fingerprint density at radius 1 is 1.17 bits per heavy atom. The average Bonchev–Trinajstić information content (AvgIpc) is 2.40. The maximum Gasteiger partial charge on any atom is 0.173 e. The van der Waals surface area contributed by atoms with Crippen LogP contribution in [0.15, 0.2) is 0 Å². The molecule has 0 aliphatic rings. The van der Waals surface area contributed by atoms with Crippen LogP contribution in [0.1, 0.15) is 0 Å². The van der Waals surface area contributed by atoms with Gasteiger partial charge in [-0.1, -0.05) is 0 Å². The summed E-state index contributed by atoms with van der Waals surface area (Å²) in [6, 6.07) is 0.